The maximum absolute atomic E-state index is 13.7. The van der Waals surface area contributed by atoms with Gasteiger partial charge in [-0.15, -0.1) is 22.7 Å². The Morgan fingerprint density at radius 1 is 0.592 bits per heavy atom. The van der Waals surface area contributed by atoms with Gasteiger partial charge in [0.05, 0.1) is 5.54 Å². The highest BCUT2D eigenvalue weighted by molar-refractivity contribution is 7.13. The van der Waals surface area contributed by atoms with Crippen LogP contribution in [-0.2, 0) is 52.7 Å². The first-order valence-electron chi connectivity index (χ1n) is 22.6. The summed E-state index contributed by atoms with van der Waals surface area (Å²) < 4.78 is 98.8. The summed E-state index contributed by atoms with van der Waals surface area (Å²) in [6.07, 6.45) is -8.33. The van der Waals surface area contributed by atoms with Gasteiger partial charge in [-0.25, -0.2) is 4.79 Å². The fourth-order valence-corrected chi connectivity index (χ4v) is 9.99. The Bertz CT molecular complexity index is 2880. The van der Waals surface area contributed by atoms with Crippen molar-refractivity contribution in [3.8, 4) is 33.8 Å². The van der Waals surface area contributed by atoms with Crippen molar-refractivity contribution in [1.82, 2.24) is 5.32 Å². The van der Waals surface area contributed by atoms with Crippen LogP contribution in [0.1, 0.15) is 79.1 Å². The summed E-state index contributed by atoms with van der Waals surface area (Å²) in [5.41, 5.74) is 7.72. The van der Waals surface area contributed by atoms with Gasteiger partial charge in [0.1, 0.15) is 45.6 Å². The van der Waals surface area contributed by atoms with Gasteiger partial charge in [-0.1, -0.05) is 60.7 Å². The molecule has 0 spiro atoms. The number of anilines is 2. The van der Waals surface area contributed by atoms with Crippen LogP contribution in [-0.4, -0.2) is 47.7 Å². The molecule has 10 nitrogen and oxygen atoms in total. The van der Waals surface area contributed by atoms with E-state index in [0.29, 0.717) is 86.7 Å². The molecule has 71 heavy (non-hydrogen) atoms. The minimum atomic E-state index is -4.47. The fourth-order valence-electron chi connectivity index (χ4n) is 8.08. The number of alkyl halides is 6. The first kappa shape index (κ1) is 52.5. The second-order valence-electron chi connectivity index (χ2n) is 19.2. The molecule has 0 atom stereocenters. The van der Waals surface area contributed by atoms with Crippen molar-refractivity contribution >= 4 is 52.0 Å². The third kappa shape index (κ3) is 12.8. The van der Waals surface area contributed by atoms with Gasteiger partial charge >= 0.3 is 18.4 Å². The smallest absolute Gasteiger partial charge is 0.426 e. The number of benzene rings is 4. The Kier molecular flexibility index (Phi) is 15.1. The lowest BCUT2D eigenvalue weighted by molar-refractivity contribution is -0.134. The first-order valence-corrected chi connectivity index (χ1v) is 24.3. The molecule has 0 bridgehead atoms. The molecule has 4 aromatic carbocycles. The normalized spacial score (nSPS) is 13.8. The summed E-state index contributed by atoms with van der Waals surface area (Å²) in [6, 6.07) is 30.7. The van der Waals surface area contributed by atoms with Crippen molar-refractivity contribution in [2.24, 2.45) is 5.73 Å². The van der Waals surface area contributed by atoms with Crippen LogP contribution in [0.25, 0.3) is 22.3 Å². The zero-order valence-corrected chi connectivity index (χ0v) is 41.8. The van der Waals surface area contributed by atoms with Crippen molar-refractivity contribution in [2.45, 2.75) is 104 Å². The van der Waals surface area contributed by atoms with E-state index in [-0.39, 0.29) is 36.2 Å². The van der Waals surface area contributed by atoms with E-state index in [1.54, 1.807) is 155 Å². The number of amides is 3. The second-order valence-corrected chi connectivity index (χ2v) is 21.5. The average Bonchev–Trinajstić information content (AvgIpc) is 4.11. The standard InChI is InChI=1S/C29H31F3N2O4S.C24H23F3N2O2S/c1-27(2,3)38-26(36)33-28(4,5)25(35)34-14-13-19-15-20(11-12-23(19)34)37-17-21-16-22(18-9-7-6-8-10-18)24(39-21)29(30,31)32;1-23(2,28)22(30)29-11-10-16-12-17(8-9-20(16)29)31-14-18-13-19(15-6-4-3-5-7-15)21(32-18)24(25,26)27/h6-12,15-16H,13-14,17H2,1-5H3,(H,33,36);3-9,12-13H,10-11,14,28H2,1-2H3. The van der Waals surface area contributed by atoms with Gasteiger partial charge in [-0.2, -0.15) is 26.3 Å². The minimum Gasteiger partial charge on any atom is -0.488 e. The number of carbonyl (C=O) groups is 3. The number of hydrogen-bond acceptors (Lipinski definition) is 9. The third-order valence-corrected chi connectivity index (χ3v) is 13.6. The fraction of sp³-hybridized carbons (Fsp3) is 0.340. The highest BCUT2D eigenvalue weighted by Crippen LogP contribution is 2.45. The summed E-state index contributed by atoms with van der Waals surface area (Å²) in [4.78, 5) is 41.0. The van der Waals surface area contributed by atoms with Crippen LogP contribution in [0.4, 0.5) is 42.5 Å². The maximum atomic E-state index is 13.7. The molecule has 4 heterocycles. The van der Waals surface area contributed by atoms with E-state index in [1.165, 1.54) is 6.07 Å². The van der Waals surface area contributed by atoms with Crippen LogP contribution in [0.2, 0.25) is 0 Å². The number of hydrogen-bond donors (Lipinski definition) is 2. The summed E-state index contributed by atoms with van der Waals surface area (Å²) >= 11 is 1.37. The Hall–Kier alpha value is -6.37. The number of halogens is 6. The van der Waals surface area contributed by atoms with Crippen molar-refractivity contribution in [3.05, 3.63) is 140 Å². The molecule has 3 amide bonds. The van der Waals surface area contributed by atoms with Crippen molar-refractivity contribution in [2.75, 3.05) is 22.9 Å². The van der Waals surface area contributed by atoms with Crippen molar-refractivity contribution in [3.63, 3.8) is 0 Å². The monoisotopic (exact) mass is 1020 g/mol. The van der Waals surface area contributed by atoms with E-state index in [0.717, 1.165) is 16.8 Å². The summed E-state index contributed by atoms with van der Waals surface area (Å²) in [5, 5.41) is 2.64. The quantitative estimate of drug-likeness (QED) is 0.124. The molecule has 0 saturated heterocycles. The molecule has 0 saturated carbocycles. The molecule has 18 heteroatoms. The van der Waals surface area contributed by atoms with Gasteiger partial charge < -0.3 is 35.1 Å². The predicted molar refractivity (Wildman–Crippen MR) is 265 cm³/mol. The largest absolute Gasteiger partial charge is 0.488 e. The molecule has 0 aliphatic carbocycles. The number of rotatable bonds is 11. The van der Waals surface area contributed by atoms with Crippen LogP contribution < -0.4 is 30.3 Å². The Morgan fingerprint density at radius 3 is 1.38 bits per heavy atom. The number of thiophene rings is 2. The number of nitrogens with zero attached hydrogens (tertiary/aromatic N) is 2. The van der Waals surface area contributed by atoms with E-state index < -0.39 is 44.9 Å². The zero-order valence-electron chi connectivity index (χ0n) is 40.1. The van der Waals surface area contributed by atoms with E-state index in [9.17, 15) is 40.7 Å². The summed E-state index contributed by atoms with van der Waals surface area (Å²) in [5.74, 6) is 0.606. The van der Waals surface area contributed by atoms with Crippen molar-refractivity contribution in [1.29, 1.82) is 0 Å². The summed E-state index contributed by atoms with van der Waals surface area (Å²) in [6.45, 7) is 12.8. The Labute approximate surface area is 416 Å². The molecule has 8 rings (SSSR count). The molecule has 376 valence electrons. The predicted octanol–water partition coefficient (Wildman–Crippen LogP) is 12.8. The van der Waals surface area contributed by atoms with E-state index in [2.05, 4.69) is 5.32 Å². The van der Waals surface area contributed by atoms with Crippen LogP contribution >= 0.6 is 22.7 Å². The second kappa shape index (κ2) is 20.4. The Balaban J connectivity index is 0.000000213. The molecule has 2 aliphatic heterocycles. The number of nitrogens with two attached hydrogens (primary N) is 1. The molecule has 2 aromatic heterocycles. The van der Waals surface area contributed by atoms with Gasteiger partial charge in [-0.3, -0.25) is 9.59 Å². The molecule has 0 unspecified atom stereocenters. The molecule has 3 N–H and O–H groups in total. The zero-order chi connectivity index (χ0) is 51.7. The SMILES string of the molecule is CC(C)(C)OC(=O)NC(C)(C)C(=O)N1CCc2cc(OCc3cc(-c4ccccc4)c(C(F)(F)F)s3)ccc21.CC(C)(N)C(=O)N1CCc2cc(OCc3cc(-c4ccccc4)c(C(F)(F)F)s3)ccc21. The molecule has 0 fully saturated rings. The lowest BCUT2D eigenvalue weighted by Gasteiger charge is -2.31. The number of fused-ring (bicyclic) bond motifs is 2. The van der Waals surface area contributed by atoms with E-state index in [1.807, 2.05) is 6.07 Å². The molecule has 6 aromatic rings. The number of carbonyl (C=O) groups excluding carboxylic acids is 3. The van der Waals surface area contributed by atoms with Crippen LogP contribution in [0, 0.1) is 0 Å². The highest BCUT2D eigenvalue weighted by atomic mass is 32.1. The number of ether oxygens (including phenoxy) is 3. The van der Waals surface area contributed by atoms with Crippen LogP contribution in [0.5, 0.6) is 11.5 Å². The van der Waals surface area contributed by atoms with Gasteiger partial charge in [0.2, 0.25) is 5.91 Å². The molecule has 0 radical (unpaired) electrons. The van der Waals surface area contributed by atoms with Crippen LogP contribution in [0.3, 0.4) is 0 Å². The van der Waals surface area contributed by atoms with Crippen LogP contribution in [0.15, 0.2) is 109 Å². The number of nitrogens with one attached hydrogen (secondary N) is 1. The van der Waals surface area contributed by atoms with E-state index >= 15 is 0 Å². The van der Waals surface area contributed by atoms with Gasteiger partial charge in [0.15, 0.2) is 0 Å². The van der Waals surface area contributed by atoms with Gasteiger partial charge in [0, 0.05) is 45.3 Å². The number of alkyl carbamates (subject to hydrolysis) is 1. The van der Waals surface area contributed by atoms with Gasteiger partial charge in [-0.05, 0) is 132 Å². The first-order chi connectivity index (χ1) is 33.2. The third-order valence-electron chi connectivity index (χ3n) is 11.3. The molecule has 2 aliphatic rings. The minimum absolute atomic E-state index is 0.0190. The highest BCUT2D eigenvalue weighted by Gasteiger charge is 2.40. The topological polar surface area (TPSA) is 123 Å². The Morgan fingerprint density at radius 2 is 1.00 bits per heavy atom. The molecular formula is C53H54F6N4O6S2. The maximum Gasteiger partial charge on any atom is 0.426 e. The molecular weight excluding hydrogens is 967 g/mol. The average molecular weight is 1020 g/mol. The van der Waals surface area contributed by atoms with Gasteiger partial charge in [0.25, 0.3) is 5.91 Å². The summed E-state index contributed by atoms with van der Waals surface area (Å²) in [7, 11) is 0. The lowest BCUT2D eigenvalue weighted by atomic mass is 10.0. The van der Waals surface area contributed by atoms with Crippen molar-refractivity contribution < 1.29 is 54.9 Å². The van der Waals surface area contributed by atoms with E-state index in [4.69, 9.17) is 19.9 Å². The lowest BCUT2D eigenvalue weighted by Crippen LogP contribution is -2.56.